The standard InChI is InChI=1S/C19H29FN6O2/c1-12-4-2-5-14(12)16(27)22-10-13-8-19(20,9-13)11-23-17(28)15-24-18-21-6-3-7-26(18)25-15/h12-14H,2-11H2,1H3,(H,22,27)(H,23,28)(H,21,24,25). The molecular formula is C19H29FN6O2. The molecule has 9 heteroatoms. The molecule has 0 bridgehead atoms. The van der Waals surface area contributed by atoms with Crippen LogP contribution in [0, 0.1) is 17.8 Å². The Morgan fingerprint density at radius 3 is 2.82 bits per heavy atom. The zero-order valence-corrected chi connectivity index (χ0v) is 16.3. The van der Waals surface area contributed by atoms with Gasteiger partial charge in [0, 0.05) is 25.6 Å². The Bertz CT molecular complexity index is 721. The molecule has 0 aromatic carbocycles. The van der Waals surface area contributed by atoms with Crippen LogP contribution < -0.4 is 16.0 Å². The van der Waals surface area contributed by atoms with Crippen molar-refractivity contribution in [2.75, 3.05) is 25.0 Å². The number of hydrogen-bond acceptors (Lipinski definition) is 5. The third kappa shape index (κ3) is 3.98. The van der Waals surface area contributed by atoms with E-state index >= 15 is 0 Å². The Morgan fingerprint density at radius 1 is 1.29 bits per heavy atom. The monoisotopic (exact) mass is 392 g/mol. The number of aromatic nitrogens is 3. The summed E-state index contributed by atoms with van der Waals surface area (Å²) < 4.78 is 16.4. The summed E-state index contributed by atoms with van der Waals surface area (Å²) in [5.41, 5.74) is -1.41. The Morgan fingerprint density at radius 2 is 2.11 bits per heavy atom. The van der Waals surface area contributed by atoms with Crippen LogP contribution in [-0.4, -0.2) is 51.9 Å². The lowest BCUT2D eigenvalue weighted by molar-refractivity contribution is -0.126. The van der Waals surface area contributed by atoms with E-state index in [1.807, 2.05) is 0 Å². The topological polar surface area (TPSA) is 101 Å². The molecule has 1 aromatic heterocycles. The van der Waals surface area contributed by atoms with Gasteiger partial charge in [0.05, 0.1) is 6.54 Å². The van der Waals surface area contributed by atoms with Gasteiger partial charge in [0.25, 0.3) is 5.91 Å². The van der Waals surface area contributed by atoms with Gasteiger partial charge in [0.15, 0.2) is 0 Å². The van der Waals surface area contributed by atoms with Gasteiger partial charge in [-0.15, -0.1) is 5.10 Å². The van der Waals surface area contributed by atoms with Gasteiger partial charge in [0.2, 0.25) is 17.7 Å². The van der Waals surface area contributed by atoms with Crippen LogP contribution in [0.3, 0.4) is 0 Å². The van der Waals surface area contributed by atoms with Gasteiger partial charge in [-0.3, -0.25) is 9.59 Å². The fourth-order valence-corrected chi connectivity index (χ4v) is 4.65. The summed E-state index contributed by atoms with van der Waals surface area (Å²) in [6, 6.07) is 0. The van der Waals surface area contributed by atoms with E-state index in [1.165, 1.54) is 0 Å². The van der Waals surface area contributed by atoms with E-state index < -0.39 is 11.6 Å². The number of alkyl halides is 1. The zero-order chi connectivity index (χ0) is 19.7. The molecule has 2 saturated carbocycles. The van der Waals surface area contributed by atoms with Gasteiger partial charge in [-0.05, 0) is 43.9 Å². The quantitative estimate of drug-likeness (QED) is 0.681. The van der Waals surface area contributed by atoms with Gasteiger partial charge < -0.3 is 16.0 Å². The number of nitrogens with zero attached hydrogens (tertiary/aromatic N) is 3. The third-order valence-corrected chi connectivity index (χ3v) is 6.34. The number of rotatable bonds is 6. The number of aryl methyl sites for hydroxylation is 1. The summed E-state index contributed by atoms with van der Waals surface area (Å²) in [4.78, 5) is 28.6. The number of carbonyl (C=O) groups excluding carboxylic acids is 2. The van der Waals surface area contributed by atoms with Crippen LogP contribution in [0.2, 0.25) is 0 Å². The first-order chi connectivity index (χ1) is 13.4. The molecule has 0 spiro atoms. The van der Waals surface area contributed by atoms with E-state index in [9.17, 15) is 14.0 Å². The average Bonchev–Trinajstić information content (AvgIpc) is 3.28. The molecule has 2 unspecified atom stereocenters. The number of fused-ring (bicyclic) bond motifs is 1. The fraction of sp³-hybridized carbons (Fsp3) is 0.789. The second-order valence-corrected chi connectivity index (χ2v) is 8.63. The van der Waals surface area contributed by atoms with Gasteiger partial charge in [-0.25, -0.2) is 9.07 Å². The van der Waals surface area contributed by atoms with Gasteiger partial charge in [-0.2, -0.15) is 4.98 Å². The van der Waals surface area contributed by atoms with Crippen LogP contribution in [0.25, 0.3) is 0 Å². The lowest BCUT2D eigenvalue weighted by atomic mass is 9.72. The summed E-state index contributed by atoms with van der Waals surface area (Å²) in [5.74, 6) is 0.992. The Hall–Kier alpha value is -2.19. The second kappa shape index (κ2) is 7.67. The van der Waals surface area contributed by atoms with Crippen LogP contribution in [0.1, 0.15) is 56.1 Å². The van der Waals surface area contributed by atoms with Crippen molar-refractivity contribution in [2.24, 2.45) is 17.8 Å². The summed E-state index contributed by atoms with van der Waals surface area (Å²) in [5, 5.41) is 12.9. The van der Waals surface area contributed by atoms with Crippen molar-refractivity contribution >= 4 is 17.8 Å². The van der Waals surface area contributed by atoms with Gasteiger partial charge in [0.1, 0.15) is 5.67 Å². The lowest BCUT2D eigenvalue weighted by Gasteiger charge is -2.41. The highest BCUT2D eigenvalue weighted by Gasteiger charge is 2.45. The SMILES string of the molecule is CC1CCCC1C(=O)NCC1CC(F)(CNC(=O)c2nc3n(n2)CCCN3)C1. The van der Waals surface area contributed by atoms with E-state index in [4.69, 9.17) is 0 Å². The van der Waals surface area contributed by atoms with E-state index in [0.717, 1.165) is 38.8 Å². The molecule has 3 N–H and O–H groups in total. The number of hydrogen-bond donors (Lipinski definition) is 3. The highest BCUT2D eigenvalue weighted by molar-refractivity contribution is 5.90. The predicted molar refractivity (Wildman–Crippen MR) is 102 cm³/mol. The maximum atomic E-state index is 14.8. The molecule has 8 nitrogen and oxygen atoms in total. The molecule has 3 aliphatic rings. The van der Waals surface area contributed by atoms with E-state index in [2.05, 4.69) is 33.0 Å². The molecule has 2 heterocycles. The third-order valence-electron chi connectivity index (χ3n) is 6.34. The minimum atomic E-state index is -1.41. The zero-order valence-electron chi connectivity index (χ0n) is 16.3. The van der Waals surface area contributed by atoms with Crippen molar-refractivity contribution < 1.29 is 14.0 Å². The summed E-state index contributed by atoms with van der Waals surface area (Å²) >= 11 is 0. The van der Waals surface area contributed by atoms with Gasteiger partial charge >= 0.3 is 0 Å². The number of halogens is 1. The van der Waals surface area contributed by atoms with E-state index in [-0.39, 0.29) is 30.1 Å². The molecule has 2 fully saturated rings. The van der Waals surface area contributed by atoms with E-state index in [0.29, 0.717) is 31.3 Å². The van der Waals surface area contributed by atoms with Crippen LogP contribution in [0.4, 0.5) is 10.3 Å². The van der Waals surface area contributed by atoms with Crippen LogP contribution in [-0.2, 0) is 11.3 Å². The minimum Gasteiger partial charge on any atom is -0.356 e. The number of anilines is 1. The highest BCUT2D eigenvalue weighted by Crippen LogP contribution is 2.40. The molecule has 0 radical (unpaired) electrons. The van der Waals surface area contributed by atoms with Crippen molar-refractivity contribution in [1.82, 2.24) is 25.4 Å². The molecule has 4 rings (SSSR count). The first-order valence-corrected chi connectivity index (χ1v) is 10.4. The molecule has 2 aliphatic carbocycles. The Balaban J connectivity index is 1.18. The molecule has 1 aliphatic heterocycles. The van der Waals surface area contributed by atoms with E-state index in [1.54, 1.807) is 4.68 Å². The largest absolute Gasteiger partial charge is 0.356 e. The summed E-state index contributed by atoms with van der Waals surface area (Å²) in [6.45, 7) is 4.13. The first-order valence-electron chi connectivity index (χ1n) is 10.4. The van der Waals surface area contributed by atoms with Crippen molar-refractivity contribution in [3.63, 3.8) is 0 Å². The molecule has 2 atom stereocenters. The highest BCUT2D eigenvalue weighted by atomic mass is 19.1. The van der Waals surface area contributed by atoms with Crippen LogP contribution >= 0.6 is 0 Å². The van der Waals surface area contributed by atoms with Crippen molar-refractivity contribution in [1.29, 1.82) is 0 Å². The molecule has 1 aromatic rings. The average molecular weight is 392 g/mol. The fourth-order valence-electron chi connectivity index (χ4n) is 4.65. The van der Waals surface area contributed by atoms with Crippen molar-refractivity contribution in [3.8, 4) is 0 Å². The molecule has 2 amide bonds. The summed E-state index contributed by atoms with van der Waals surface area (Å²) in [6.07, 6.45) is 4.81. The Kier molecular flexibility index (Phi) is 5.25. The molecule has 154 valence electrons. The second-order valence-electron chi connectivity index (χ2n) is 8.63. The smallest absolute Gasteiger partial charge is 0.291 e. The first kappa shape index (κ1) is 19.1. The number of nitrogens with one attached hydrogen (secondary N) is 3. The van der Waals surface area contributed by atoms with Gasteiger partial charge in [-0.1, -0.05) is 13.3 Å². The molecule has 0 saturated heterocycles. The Labute approximate surface area is 164 Å². The minimum absolute atomic E-state index is 0.0484. The maximum Gasteiger partial charge on any atom is 0.291 e. The van der Waals surface area contributed by atoms with Crippen LogP contribution in [0.15, 0.2) is 0 Å². The normalized spacial score (nSPS) is 31.4. The number of amides is 2. The van der Waals surface area contributed by atoms with Crippen LogP contribution in [0.5, 0.6) is 0 Å². The summed E-state index contributed by atoms with van der Waals surface area (Å²) in [7, 11) is 0. The van der Waals surface area contributed by atoms with Crippen molar-refractivity contribution in [2.45, 2.75) is 57.7 Å². The maximum absolute atomic E-state index is 14.8. The lowest BCUT2D eigenvalue weighted by Crippen LogP contribution is -2.52. The molecular weight excluding hydrogens is 363 g/mol. The van der Waals surface area contributed by atoms with Crippen molar-refractivity contribution in [3.05, 3.63) is 5.82 Å². The predicted octanol–water partition coefficient (Wildman–Crippen LogP) is 1.49. The number of carbonyl (C=O) groups is 2. The molecule has 28 heavy (non-hydrogen) atoms.